The molecule has 2 aliphatic rings. The van der Waals surface area contributed by atoms with Gasteiger partial charge in [-0.25, -0.2) is 0 Å². The van der Waals surface area contributed by atoms with E-state index in [4.69, 9.17) is 4.74 Å². The molecule has 0 aliphatic carbocycles. The average molecular weight is 346 g/mol. The largest absolute Gasteiger partial charge is 0.378 e. The molecule has 2 heterocycles. The standard InChI is InChI=1S/C18H22N2O3S/c1-2-3-8-20-17(21)16(24-18(20)22)13-14-4-6-15(7-5-14)19-9-11-23-12-10-19/h4-7,13H,2-3,8-12H2,1H3/b16-13-. The van der Waals surface area contributed by atoms with Crippen LogP contribution in [0.5, 0.6) is 0 Å². The van der Waals surface area contributed by atoms with Crippen LogP contribution in [-0.4, -0.2) is 48.9 Å². The molecule has 5 nitrogen and oxygen atoms in total. The zero-order chi connectivity index (χ0) is 16.9. The number of hydrogen-bond donors (Lipinski definition) is 0. The third kappa shape index (κ3) is 3.82. The Bertz CT molecular complexity index is 636. The number of benzene rings is 1. The van der Waals surface area contributed by atoms with Crippen LogP contribution in [0.4, 0.5) is 10.5 Å². The summed E-state index contributed by atoms with van der Waals surface area (Å²) in [5.74, 6) is -0.171. The zero-order valence-electron chi connectivity index (χ0n) is 13.9. The molecule has 6 heteroatoms. The van der Waals surface area contributed by atoms with Gasteiger partial charge in [-0.3, -0.25) is 14.5 Å². The van der Waals surface area contributed by atoms with Crippen molar-refractivity contribution in [1.29, 1.82) is 0 Å². The maximum Gasteiger partial charge on any atom is 0.293 e. The van der Waals surface area contributed by atoms with Crippen LogP contribution in [0.25, 0.3) is 6.08 Å². The molecule has 1 aromatic carbocycles. The minimum atomic E-state index is -0.171. The summed E-state index contributed by atoms with van der Waals surface area (Å²) in [6, 6.07) is 8.09. The number of rotatable bonds is 5. The predicted octanol–water partition coefficient (Wildman–Crippen LogP) is 3.36. The quantitative estimate of drug-likeness (QED) is 0.765. The number of nitrogens with zero attached hydrogens (tertiary/aromatic N) is 2. The summed E-state index contributed by atoms with van der Waals surface area (Å²) >= 11 is 1.03. The highest BCUT2D eigenvalue weighted by Crippen LogP contribution is 2.32. The summed E-state index contributed by atoms with van der Waals surface area (Å²) in [4.78, 5) is 28.4. The Hall–Kier alpha value is -1.79. The van der Waals surface area contributed by atoms with Crippen LogP contribution >= 0.6 is 11.8 Å². The molecule has 1 aromatic rings. The van der Waals surface area contributed by atoms with Crippen LogP contribution in [0, 0.1) is 0 Å². The maximum atomic E-state index is 12.3. The summed E-state index contributed by atoms with van der Waals surface area (Å²) in [6.07, 6.45) is 3.61. The van der Waals surface area contributed by atoms with Crippen LogP contribution in [0.2, 0.25) is 0 Å². The number of anilines is 1. The highest BCUT2D eigenvalue weighted by molar-refractivity contribution is 8.18. The van der Waals surface area contributed by atoms with E-state index in [1.165, 1.54) is 4.90 Å². The molecular formula is C18H22N2O3S. The number of hydrogen-bond acceptors (Lipinski definition) is 5. The van der Waals surface area contributed by atoms with Crippen molar-refractivity contribution in [1.82, 2.24) is 4.90 Å². The van der Waals surface area contributed by atoms with E-state index in [2.05, 4.69) is 17.0 Å². The summed E-state index contributed by atoms with van der Waals surface area (Å²) in [5, 5.41) is -0.162. The second kappa shape index (κ2) is 7.85. The van der Waals surface area contributed by atoms with Crippen LogP contribution < -0.4 is 4.90 Å². The van der Waals surface area contributed by atoms with Crippen molar-refractivity contribution in [2.75, 3.05) is 37.7 Å². The summed E-state index contributed by atoms with van der Waals surface area (Å²) < 4.78 is 5.37. The molecule has 0 aromatic heterocycles. The Morgan fingerprint density at radius 2 is 1.88 bits per heavy atom. The predicted molar refractivity (Wildman–Crippen MR) is 97.1 cm³/mol. The van der Waals surface area contributed by atoms with Gasteiger partial charge in [0.2, 0.25) is 0 Å². The Kier molecular flexibility index (Phi) is 5.58. The van der Waals surface area contributed by atoms with Gasteiger partial charge >= 0.3 is 0 Å². The van der Waals surface area contributed by atoms with Crippen molar-refractivity contribution >= 4 is 34.7 Å². The first-order valence-corrected chi connectivity index (χ1v) is 9.19. The minimum Gasteiger partial charge on any atom is -0.378 e. The van der Waals surface area contributed by atoms with Gasteiger partial charge in [0.1, 0.15) is 0 Å². The van der Waals surface area contributed by atoms with Gasteiger partial charge in [0.05, 0.1) is 18.1 Å². The van der Waals surface area contributed by atoms with E-state index in [9.17, 15) is 9.59 Å². The lowest BCUT2D eigenvalue weighted by Crippen LogP contribution is -2.36. The molecule has 0 spiro atoms. The Balaban J connectivity index is 1.69. The number of ether oxygens (including phenoxy) is 1. The van der Waals surface area contributed by atoms with Crippen LogP contribution in [0.1, 0.15) is 25.3 Å². The molecule has 0 atom stereocenters. The second-order valence-electron chi connectivity index (χ2n) is 5.88. The average Bonchev–Trinajstić information content (AvgIpc) is 2.88. The molecule has 0 saturated carbocycles. The number of amides is 2. The van der Waals surface area contributed by atoms with Crippen molar-refractivity contribution in [2.45, 2.75) is 19.8 Å². The molecule has 2 aliphatic heterocycles. The fourth-order valence-corrected chi connectivity index (χ4v) is 3.63. The molecule has 0 radical (unpaired) electrons. The van der Waals surface area contributed by atoms with Crippen molar-refractivity contribution < 1.29 is 14.3 Å². The van der Waals surface area contributed by atoms with E-state index in [0.29, 0.717) is 11.4 Å². The van der Waals surface area contributed by atoms with E-state index in [1.807, 2.05) is 19.1 Å². The topological polar surface area (TPSA) is 49.9 Å². The minimum absolute atomic E-state index is 0.162. The molecular weight excluding hydrogens is 324 g/mol. The Labute approximate surface area is 146 Å². The smallest absolute Gasteiger partial charge is 0.293 e. The van der Waals surface area contributed by atoms with Crippen molar-refractivity contribution in [3.8, 4) is 0 Å². The van der Waals surface area contributed by atoms with Gasteiger partial charge in [-0.2, -0.15) is 0 Å². The lowest BCUT2D eigenvalue weighted by atomic mass is 10.1. The fraction of sp³-hybridized carbons (Fsp3) is 0.444. The maximum absolute atomic E-state index is 12.3. The number of unbranched alkanes of at least 4 members (excludes halogenated alkanes) is 1. The SMILES string of the molecule is CCCCN1C(=O)S/C(=C\c2ccc(N3CCOCC3)cc2)C1=O. The molecule has 128 valence electrons. The van der Waals surface area contributed by atoms with E-state index in [-0.39, 0.29) is 11.1 Å². The highest BCUT2D eigenvalue weighted by Gasteiger charge is 2.34. The molecule has 3 rings (SSSR count). The van der Waals surface area contributed by atoms with E-state index in [1.54, 1.807) is 6.08 Å². The van der Waals surface area contributed by atoms with Gasteiger partial charge in [-0.15, -0.1) is 0 Å². The van der Waals surface area contributed by atoms with Gasteiger partial charge in [0, 0.05) is 25.3 Å². The summed E-state index contributed by atoms with van der Waals surface area (Å²) in [5.41, 5.74) is 2.10. The van der Waals surface area contributed by atoms with E-state index >= 15 is 0 Å². The Morgan fingerprint density at radius 1 is 1.17 bits per heavy atom. The summed E-state index contributed by atoms with van der Waals surface area (Å²) in [6.45, 7) is 5.87. The number of imide groups is 1. The zero-order valence-corrected chi connectivity index (χ0v) is 14.7. The number of carbonyl (C=O) groups is 2. The van der Waals surface area contributed by atoms with Crippen LogP contribution in [0.15, 0.2) is 29.2 Å². The molecule has 2 amide bonds. The first kappa shape index (κ1) is 17.0. The highest BCUT2D eigenvalue weighted by atomic mass is 32.2. The van der Waals surface area contributed by atoms with E-state index < -0.39 is 0 Å². The van der Waals surface area contributed by atoms with Gasteiger partial charge in [0.15, 0.2) is 0 Å². The third-order valence-electron chi connectivity index (χ3n) is 4.18. The van der Waals surface area contributed by atoms with Crippen molar-refractivity contribution in [3.05, 3.63) is 34.7 Å². The van der Waals surface area contributed by atoms with Crippen LogP contribution in [0.3, 0.4) is 0 Å². The molecule has 0 N–H and O–H groups in total. The summed E-state index contributed by atoms with van der Waals surface area (Å²) in [7, 11) is 0. The lowest BCUT2D eigenvalue weighted by Gasteiger charge is -2.28. The fourth-order valence-electron chi connectivity index (χ4n) is 2.76. The molecule has 0 bridgehead atoms. The van der Waals surface area contributed by atoms with Crippen LogP contribution in [-0.2, 0) is 9.53 Å². The monoisotopic (exact) mass is 346 g/mol. The van der Waals surface area contributed by atoms with Gasteiger partial charge in [-0.1, -0.05) is 25.5 Å². The van der Waals surface area contributed by atoms with Gasteiger partial charge in [-0.05, 0) is 42.0 Å². The number of morpholine rings is 1. The lowest BCUT2D eigenvalue weighted by molar-refractivity contribution is -0.122. The van der Waals surface area contributed by atoms with E-state index in [0.717, 1.165) is 62.2 Å². The number of carbonyl (C=O) groups excluding carboxylic acids is 2. The second-order valence-corrected chi connectivity index (χ2v) is 6.87. The van der Waals surface area contributed by atoms with Gasteiger partial charge in [0.25, 0.3) is 11.1 Å². The molecule has 0 unspecified atom stereocenters. The molecule has 2 fully saturated rings. The number of thioether (sulfide) groups is 1. The third-order valence-corrected chi connectivity index (χ3v) is 5.08. The van der Waals surface area contributed by atoms with Gasteiger partial charge < -0.3 is 9.64 Å². The first-order chi connectivity index (χ1) is 11.7. The molecule has 24 heavy (non-hydrogen) atoms. The van der Waals surface area contributed by atoms with Crippen molar-refractivity contribution in [2.24, 2.45) is 0 Å². The first-order valence-electron chi connectivity index (χ1n) is 8.37. The normalized spacial score (nSPS) is 20.3. The Morgan fingerprint density at radius 3 is 2.54 bits per heavy atom. The van der Waals surface area contributed by atoms with Crippen molar-refractivity contribution in [3.63, 3.8) is 0 Å². The molecule has 2 saturated heterocycles.